The Morgan fingerprint density at radius 2 is 1.75 bits per heavy atom. The van der Waals surface area contributed by atoms with Gasteiger partial charge in [-0.2, -0.15) is 0 Å². The molecule has 28 heavy (non-hydrogen) atoms. The van der Waals surface area contributed by atoms with Crippen LogP contribution in [0, 0.1) is 5.92 Å². The Kier molecular flexibility index (Phi) is 7.72. The summed E-state index contributed by atoms with van der Waals surface area (Å²) in [6.07, 6.45) is 1.84. The number of anilines is 1. The molecule has 2 rings (SSSR count). The highest BCUT2D eigenvalue weighted by molar-refractivity contribution is 5.85. The summed E-state index contributed by atoms with van der Waals surface area (Å²) in [7, 11) is 0. The van der Waals surface area contributed by atoms with E-state index in [9.17, 15) is 9.59 Å². The predicted octanol–water partition coefficient (Wildman–Crippen LogP) is 4.03. The van der Waals surface area contributed by atoms with Crippen LogP contribution < -0.4 is 10.6 Å². The molecule has 2 amide bonds. The van der Waals surface area contributed by atoms with E-state index in [2.05, 4.69) is 22.8 Å². The topological polar surface area (TPSA) is 70.7 Å². The van der Waals surface area contributed by atoms with Gasteiger partial charge in [0.1, 0.15) is 11.6 Å². The zero-order valence-corrected chi connectivity index (χ0v) is 17.8. The molecule has 0 bridgehead atoms. The van der Waals surface area contributed by atoms with E-state index in [1.165, 1.54) is 0 Å². The first-order chi connectivity index (χ1) is 13.1. The van der Waals surface area contributed by atoms with E-state index in [1.54, 1.807) is 0 Å². The summed E-state index contributed by atoms with van der Waals surface area (Å²) in [5, 5.41) is 6.32. The van der Waals surface area contributed by atoms with Crippen LogP contribution in [-0.2, 0) is 9.53 Å². The van der Waals surface area contributed by atoms with Crippen LogP contribution in [0.2, 0.25) is 0 Å². The zero-order valence-electron chi connectivity index (χ0n) is 17.8. The Morgan fingerprint density at radius 3 is 2.29 bits per heavy atom. The number of hydrogen-bond donors (Lipinski definition) is 2. The van der Waals surface area contributed by atoms with Crippen LogP contribution in [0.25, 0.3) is 0 Å². The van der Waals surface area contributed by atoms with Crippen LogP contribution in [0.4, 0.5) is 10.5 Å². The van der Waals surface area contributed by atoms with Crippen molar-refractivity contribution in [3.8, 4) is 0 Å². The molecule has 0 aromatic heterocycles. The van der Waals surface area contributed by atoms with E-state index in [4.69, 9.17) is 4.74 Å². The quantitative estimate of drug-likeness (QED) is 0.771. The molecule has 1 aromatic rings. The van der Waals surface area contributed by atoms with Crippen molar-refractivity contribution in [2.24, 2.45) is 5.92 Å². The largest absolute Gasteiger partial charge is 0.444 e. The summed E-state index contributed by atoms with van der Waals surface area (Å²) in [6.45, 7) is 10.9. The molecule has 2 N–H and O–H groups in total. The van der Waals surface area contributed by atoms with Crippen LogP contribution in [0.3, 0.4) is 0 Å². The fourth-order valence-electron chi connectivity index (χ4n) is 3.38. The number of hydrogen-bond acceptors (Lipinski definition) is 4. The van der Waals surface area contributed by atoms with Gasteiger partial charge in [0.05, 0.1) is 0 Å². The molecule has 1 atom stereocenters. The number of rotatable bonds is 6. The van der Waals surface area contributed by atoms with Crippen molar-refractivity contribution >= 4 is 17.7 Å². The van der Waals surface area contributed by atoms with Crippen LogP contribution in [0.15, 0.2) is 30.3 Å². The molecule has 1 aliphatic heterocycles. The molecular formula is C22H35N3O3. The van der Waals surface area contributed by atoms with Gasteiger partial charge in [0.2, 0.25) is 5.91 Å². The van der Waals surface area contributed by atoms with E-state index in [1.807, 2.05) is 57.7 Å². The number of nitrogens with zero attached hydrogens (tertiary/aromatic N) is 1. The Bertz CT molecular complexity index is 632. The molecule has 6 nitrogen and oxygen atoms in total. The molecule has 1 unspecified atom stereocenters. The SMILES string of the molecule is CC(C)CC(NC(=O)OC(C)(C)C)C(=O)N1CCC(Nc2ccccc2)CC1. The van der Waals surface area contributed by atoms with Crippen LogP contribution in [-0.4, -0.2) is 47.7 Å². The minimum absolute atomic E-state index is 0.0160. The molecular weight excluding hydrogens is 354 g/mol. The zero-order chi connectivity index (χ0) is 20.7. The van der Waals surface area contributed by atoms with Crippen molar-refractivity contribution in [2.75, 3.05) is 18.4 Å². The Labute approximate surface area is 169 Å². The predicted molar refractivity (Wildman–Crippen MR) is 112 cm³/mol. The lowest BCUT2D eigenvalue weighted by atomic mass is 10.00. The first-order valence-electron chi connectivity index (χ1n) is 10.2. The third-order valence-corrected chi connectivity index (χ3v) is 4.65. The fraction of sp³-hybridized carbons (Fsp3) is 0.636. The number of alkyl carbamates (subject to hydrolysis) is 1. The van der Waals surface area contributed by atoms with Gasteiger partial charge < -0.3 is 20.3 Å². The second kappa shape index (κ2) is 9.80. The lowest BCUT2D eigenvalue weighted by molar-refractivity contribution is -0.134. The Hall–Kier alpha value is -2.24. The highest BCUT2D eigenvalue weighted by atomic mass is 16.6. The van der Waals surface area contributed by atoms with Gasteiger partial charge in [-0.15, -0.1) is 0 Å². The molecule has 0 spiro atoms. The van der Waals surface area contributed by atoms with Crippen LogP contribution in [0.5, 0.6) is 0 Å². The van der Waals surface area contributed by atoms with Crippen LogP contribution in [0.1, 0.15) is 53.9 Å². The maximum atomic E-state index is 13.0. The standard InChI is InChI=1S/C22H35N3O3/c1-16(2)15-19(24-21(27)28-22(3,4)5)20(26)25-13-11-18(12-14-25)23-17-9-7-6-8-10-17/h6-10,16,18-19,23H,11-15H2,1-5H3,(H,24,27). The molecule has 0 aliphatic carbocycles. The summed E-state index contributed by atoms with van der Waals surface area (Å²) in [5.74, 6) is 0.277. The lowest BCUT2D eigenvalue weighted by Crippen LogP contribution is -2.53. The Balaban J connectivity index is 1.90. The highest BCUT2D eigenvalue weighted by Gasteiger charge is 2.31. The van der Waals surface area contributed by atoms with Gasteiger partial charge in [-0.3, -0.25) is 4.79 Å². The number of para-hydroxylation sites is 1. The van der Waals surface area contributed by atoms with Crippen molar-refractivity contribution in [3.63, 3.8) is 0 Å². The average molecular weight is 390 g/mol. The van der Waals surface area contributed by atoms with Gasteiger partial charge in [-0.25, -0.2) is 4.79 Å². The van der Waals surface area contributed by atoms with Gasteiger partial charge in [-0.05, 0) is 58.1 Å². The second-order valence-corrected chi connectivity index (χ2v) is 8.94. The molecule has 0 radical (unpaired) electrons. The van der Waals surface area contributed by atoms with Gasteiger partial charge in [0.25, 0.3) is 0 Å². The summed E-state index contributed by atoms with van der Waals surface area (Å²) in [5.41, 5.74) is 0.522. The number of likely N-dealkylation sites (tertiary alicyclic amines) is 1. The van der Waals surface area contributed by atoms with E-state index >= 15 is 0 Å². The third-order valence-electron chi connectivity index (χ3n) is 4.65. The number of nitrogens with one attached hydrogen (secondary N) is 2. The molecule has 0 saturated carbocycles. The smallest absolute Gasteiger partial charge is 0.408 e. The maximum Gasteiger partial charge on any atom is 0.408 e. The van der Waals surface area contributed by atoms with Crippen molar-refractivity contribution in [2.45, 2.75) is 71.6 Å². The first kappa shape index (κ1) is 22.1. The summed E-state index contributed by atoms with van der Waals surface area (Å²) >= 11 is 0. The van der Waals surface area contributed by atoms with E-state index < -0.39 is 17.7 Å². The number of carbonyl (C=O) groups is 2. The lowest BCUT2D eigenvalue weighted by Gasteiger charge is -2.35. The minimum atomic E-state index is -0.586. The first-order valence-corrected chi connectivity index (χ1v) is 10.2. The summed E-state index contributed by atoms with van der Waals surface area (Å²) < 4.78 is 5.34. The number of piperidine rings is 1. The Morgan fingerprint density at radius 1 is 1.14 bits per heavy atom. The maximum absolute atomic E-state index is 13.0. The average Bonchev–Trinajstić information content (AvgIpc) is 2.60. The van der Waals surface area contributed by atoms with E-state index in [0.717, 1.165) is 18.5 Å². The van der Waals surface area contributed by atoms with E-state index in [-0.39, 0.29) is 5.91 Å². The van der Waals surface area contributed by atoms with Crippen molar-refractivity contribution in [1.82, 2.24) is 10.2 Å². The summed E-state index contributed by atoms with van der Waals surface area (Å²) in [4.78, 5) is 27.1. The molecule has 6 heteroatoms. The summed E-state index contributed by atoms with van der Waals surface area (Å²) in [6, 6.07) is 9.95. The molecule has 156 valence electrons. The number of carbonyl (C=O) groups excluding carboxylic acids is 2. The van der Waals surface area contributed by atoms with Gasteiger partial charge >= 0.3 is 6.09 Å². The van der Waals surface area contributed by atoms with Crippen LogP contribution >= 0.6 is 0 Å². The van der Waals surface area contributed by atoms with Gasteiger partial charge in [0, 0.05) is 24.8 Å². The van der Waals surface area contributed by atoms with E-state index in [0.29, 0.717) is 31.5 Å². The second-order valence-electron chi connectivity index (χ2n) is 8.94. The monoisotopic (exact) mass is 389 g/mol. The molecule has 1 heterocycles. The normalized spacial score (nSPS) is 16.6. The van der Waals surface area contributed by atoms with Crippen molar-refractivity contribution < 1.29 is 14.3 Å². The van der Waals surface area contributed by atoms with Gasteiger partial charge in [0.15, 0.2) is 0 Å². The highest BCUT2D eigenvalue weighted by Crippen LogP contribution is 2.18. The molecule has 1 aromatic carbocycles. The number of amides is 2. The molecule has 1 saturated heterocycles. The van der Waals surface area contributed by atoms with Gasteiger partial charge in [-0.1, -0.05) is 32.0 Å². The molecule has 1 aliphatic rings. The molecule has 1 fully saturated rings. The fourth-order valence-corrected chi connectivity index (χ4v) is 3.38. The number of ether oxygens (including phenoxy) is 1. The van der Waals surface area contributed by atoms with Crippen molar-refractivity contribution in [1.29, 1.82) is 0 Å². The number of benzene rings is 1. The third kappa shape index (κ3) is 7.41. The minimum Gasteiger partial charge on any atom is -0.444 e. The van der Waals surface area contributed by atoms with Crippen molar-refractivity contribution in [3.05, 3.63) is 30.3 Å².